The van der Waals surface area contributed by atoms with Crippen LogP contribution in [0.5, 0.6) is 5.88 Å². The van der Waals surface area contributed by atoms with E-state index in [0.29, 0.717) is 19.0 Å². The second kappa shape index (κ2) is 6.38. The van der Waals surface area contributed by atoms with Crippen LogP contribution < -0.4 is 4.74 Å². The number of hydrogen-bond acceptors (Lipinski definition) is 4. The average molecular weight is 304 g/mol. The van der Waals surface area contributed by atoms with E-state index in [1.807, 2.05) is 33.8 Å². The Morgan fingerprint density at radius 2 is 2.09 bits per heavy atom. The molecule has 0 saturated carbocycles. The van der Waals surface area contributed by atoms with E-state index >= 15 is 0 Å². The normalized spacial score (nSPS) is 15.3. The highest BCUT2D eigenvalue weighted by Gasteiger charge is 2.24. The summed E-state index contributed by atoms with van der Waals surface area (Å²) in [6, 6.07) is 2.04. The molecule has 22 heavy (non-hydrogen) atoms. The molecule has 1 aromatic rings. The first kappa shape index (κ1) is 16.3. The standard InChI is InChI=1S/C17H24N2O3/c1-12-9-14(10-18-15(12)21-5)13-7-6-8-19(11-13)16(20)22-17(2,3)4/h7,9-10H,6,8,11H2,1-5H3. The molecule has 5 heteroatoms. The molecule has 0 unspecified atom stereocenters. The zero-order chi connectivity index (χ0) is 16.3. The maximum absolute atomic E-state index is 12.2. The van der Waals surface area contributed by atoms with Crippen LogP contribution in [-0.2, 0) is 4.74 Å². The van der Waals surface area contributed by atoms with E-state index in [2.05, 4.69) is 11.1 Å². The SMILES string of the molecule is COc1ncc(C2=CCCN(C(=O)OC(C)(C)C)C2)cc1C. The Hall–Kier alpha value is -2.04. The number of aromatic nitrogens is 1. The number of carbonyl (C=O) groups excluding carboxylic acids is 1. The summed E-state index contributed by atoms with van der Waals surface area (Å²) >= 11 is 0. The largest absolute Gasteiger partial charge is 0.481 e. The molecule has 120 valence electrons. The summed E-state index contributed by atoms with van der Waals surface area (Å²) in [5, 5.41) is 0. The highest BCUT2D eigenvalue weighted by atomic mass is 16.6. The lowest BCUT2D eigenvalue weighted by Gasteiger charge is -2.30. The number of carbonyl (C=O) groups is 1. The molecule has 0 spiro atoms. The van der Waals surface area contributed by atoms with Crippen molar-refractivity contribution < 1.29 is 14.3 Å². The van der Waals surface area contributed by atoms with Crippen LogP contribution in [0.1, 0.15) is 38.3 Å². The lowest BCUT2D eigenvalue weighted by Crippen LogP contribution is -2.39. The van der Waals surface area contributed by atoms with Gasteiger partial charge in [-0.1, -0.05) is 6.08 Å². The summed E-state index contributed by atoms with van der Waals surface area (Å²) in [6.45, 7) is 8.82. The highest BCUT2D eigenvalue weighted by Crippen LogP contribution is 2.25. The Labute approximate surface area is 131 Å². The molecule has 1 aromatic heterocycles. The molecule has 0 radical (unpaired) electrons. The van der Waals surface area contributed by atoms with Crippen LogP contribution in [0.25, 0.3) is 5.57 Å². The smallest absolute Gasteiger partial charge is 0.410 e. The van der Waals surface area contributed by atoms with Crippen molar-refractivity contribution in [3.8, 4) is 5.88 Å². The molecular weight excluding hydrogens is 280 g/mol. The van der Waals surface area contributed by atoms with Crippen LogP contribution in [0.3, 0.4) is 0 Å². The van der Waals surface area contributed by atoms with Crippen molar-refractivity contribution in [2.45, 2.75) is 39.7 Å². The Morgan fingerprint density at radius 1 is 1.36 bits per heavy atom. The third-order valence-electron chi connectivity index (χ3n) is 3.40. The Kier molecular flexibility index (Phi) is 4.74. The number of nitrogens with zero attached hydrogens (tertiary/aromatic N) is 2. The van der Waals surface area contributed by atoms with Crippen molar-refractivity contribution in [1.29, 1.82) is 0 Å². The monoisotopic (exact) mass is 304 g/mol. The van der Waals surface area contributed by atoms with Gasteiger partial charge in [0.2, 0.25) is 5.88 Å². The minimum Gasteiger partial charge on any atom is -0.481 e. The molecular formula is C17H24N2O3. The average Bonchev–Trinajstić information content (AvgIpc) is 2.45. The fourth-order valence-corrected chi connectivity index (χ4v) is 2.39. The second-order valence-electron chi connectivity index (χ2n) is 6.47. The third-order valence-corrected chi connectivity index (χ3v) is 3.40. The van der Waals surface area contributed by atoms with Gasteiger partial charge in [-0.15, -0.1) is 0 Å². The minimum absolute atomic E-state index is 0.267. The van der Waals surface area contributed by atoms with Gasteiger partial charge in [0.1, 0.15) is 5.60 Å². The maximum Gasteiger partial charge on any atom is 0.410 e. The molecule has 2 heterocycles. The van der Waals surface area contributed by atoms with E-state index in [4.69, 9.17) is 9.47 Å². The van der Waals surface area contributed by atoms with Crippen LogP contribution in [-0.4, -0.2) is 41.8 Å². The molecule has 1 aliphatic heterocycles. The zero-order valence-electron chi connectivity index (χ0n) is 14.0. The molecule has 5 nitrogen and oxygen atoms in total. The molecule has 0 saturated heterocycles. The molecule has 0 aliphatic carbocycles. The molecule has 1 amide bonds. The first-order valence-corrected chi connectivity index (χ1v) is 7.48. The van der Waals surface area contributed by atoms with E-state index in [1.54, 1.807) is 18.2 Å². The van der Waals surface area contributed by atoms with Gasteiger partial charge in [0, 0.05) is 24.8 Å². The molecule has 0 aromatic carbocycles. The van der Waals surface area contributed by atoms with Gasteiger partial charge in [-0.05, 0) is 51.3 Å². The summed E-state index contributed by atoms with van der Waals surface area (Å²) in [5.41, 5.74) is 2.62. The molecule has 0 N–H and O–H groups in total. The lowest BCUT2D eigenvalue weighted by atomic mass is 10.0. The van der Waals surface area contributed by atoms with Crippen molar-refractivity contribution in [2.75, 3.05) is 20.2 Å². The van der Waals surface area contributed by atoms with Crippen molar-refractivity contribution in [2.24, 2.45) is 0 Å². The number of hydrogen-bond donors (Lipinski definition) is 0. The number of amides is 1. The van der Waals surface area contributed by atoms with Crippen molar-refractivity contribution in [3.63, 3.8) is 0 Å². The number of ether oxygens (including phenoxy) is 2. The lowest BCUT2D eigenvalue weighted by molar-refractivity contribution is 0.0273. The fraction of sp³-hybridized carbons (Fsp3) is 0.529. The first-order chi connectivity index (χ1) is 10.3. The molecule has 2 rings (SSSR count). The van der Waals surface area contributed by atoms with E-state index in [9.17, 15) is 4.79 Å². The molecule has 1 aliphatic rings. The Morgan fingerprint density at radius 3 is 2.68 bits per heavy atom. The molecule has 0 atom stereocenters. The van der Waals surface area contributed by atoms with Crippen LogP contribution in [0.4, 0.5) is 4.79 Å². The summed E-state index contributed by atoms with van der Waals surface area (Å²) in [5.74, 6) is 0.629. The molecule has 0 fully saturated rings. The van der Waals surface area contributed by atoms with Crippen LogP contribution >= 0.6 is 0 Å². The summed E-state index contributed by atoms with van der Waals surface area (Å²) in [6.07, 6.45) is 4.50. The van der Waals surface area contributed by atoms with Crippen LogP contribution in [0.15, 0.2) is 18.3 Å². The Balaban J connectivity index is 2.12. The van der Waals surface area contributed by atoms with Crippen molar-refractivity contribution in [3.05, 3.63) is 29.5 Å². The van der Waals surface area contributed by atoms with Crippen molar-refractivity contribution in [1.82, 2.24) is 9.88 Å². The predicted octanol–water partition coefficient (Wildman–Crippen LogP) is 3.42. The van der Waals surface area contributed by atoms with Gasteiger partial charge < -0.3 is 14.4 Å². The number of aryl methyl sites for hydroxylation is 1. The van der Waals surface area contributed by atoms with Gasteiger partial charge in [-0.2, -0.15) is 0 Å². The quantitative estimate of drug-likeness (QED) is 0.840. The number of methoxy groups -OCH3 is 1. The third kappa shape index (κ3) is 4.00. The summed E-state index contributed by atoms with van der Waals surface area (Å²) in [4.78, 5) is 18.2. The van der Waals surface area contributed by atoms with Gasteiger partial charge in [-0.3, -0.25) is 0 Å². The highest BCUT2D eigenvalue weighted by molar-refractivity contribution is 5.75. The molecule has 0 bridgehead atoms. The van der Waals surface area contributed by atoms with Crippen LogP contribution in [0, 0.1) is 6.92 Å². The van der Waals surface area contributed by atoms with E-state index in [0.717, 1.165) is 23.1 Å². The van der Waals surface area contributed by atoms with Gasteiger partial charge in [0.15, 0.2) is 0 Å². The number of rotatable bonds is 2. The van der Waals surface area contributed by atoms with E-state index < -0.39 is 5.60 Å². The summed E-state index contributed by atoms with van der Waals surface area (Å²) < 4.78 is 10.6. The van der Waals surface area contributed by atoms with Crippen LogP contribution in [0.2, 0.25) is 0 Å². The predicted molar refractivity (Wildman–Crippen MR) is 85.9 cm³/mol. The van der Waals surface area contributed by atoms with Gasteiger partial charge in [-0.25, -0.2) is 9.78 Å². The second-order valence-corrected chi connectivity index (χ2v) is 6.47. The van der Waals surface area contributed by atoms with E-state index in [-0.39, 0.29) is 6.09 Å². The number of pyridine rings is 1. The topological polar surface area (TPSA) is 51.7 Å². The zero-order valence-corrected chi connectivity index (χ0v) is 14.0. The maximum atomic E-state index is 12.2. The van der Waals surface area contributed by atoms with Gasteiger partial charge in [0.05, 0.1) is 7.11 Å². The van der Waals surface area contributed by atoms with Gasteiger partial charge >= 0.3 is 6.09 Å². The minimum atomic E-state index is -0.476. The summed E-state index contributed by atoms with van der Waals surface area (Å²) in [7, 11) is 1.61. The first-order valence-electron chi connectivity index (χ1n) is 7.48. The van der Waals surface area contributed by atoms with E-state index in [1.165, 1.54) is 0 Å². The fourth-order valence-electron chi connectivity index (χ4n) is 2.39. The Bertz CT molecular complexity index is 588. The van der Waals surface area contributed by atoms with Gasteiger partial charge in [0.25, 0.3) is 0 Å². The van der Waals surface area contributed by atoms with Crippen molar-refractivity contribution >= 4 is 11.7 Å².